The largest absolute Gasteiger partial charge is 0.491 e. The smallest absolute Gasteiger partial charge is 0.251 e. The van der Waals surface area contributed by atoms with Crippen molar-refractivity contribution in [3.8, 4) is 5.75 Å². The quantitative estimate of drug-likeness (QED) is 0.860. The van der Waals surface area contributed by atoms with E-state index >= 15 is 0 Å². The van der Waals surface area contributed by atoms with Crippen LogP contribution in [0.1, 0.15) is 28.9 Å². The van der Waals surface area contributed by atoms with Gasteiger partial charge in [-0.3, -0.25) is 4.79 Å². The summed E-state index contributed by atoms with van der Waals surface area (Å²) in [6.07, 6.45) is -1.25. The second-order valence-corrected chi connectivity index (χ2v) is 4.88. The third-order valence-electron chi connectivity index (χ3n) is 3.16. The molecule has 1 unspecified atom stereocenters. The van der Waals surface area contributed by atoms with Crippen molar-refractivity contribution in [3.63, 3.8) is 0 Å². The highest BCUT2D eigenvalue weighted by Gasteiger charge is 2.15. The van der Waals surface area contributed by atoms with Gasteiger partial charge in [-0.2, -0.15) is 0 Å². The van der Waals surface area contributed by atoms with Crippen LogP contribution in [-0.4, -0.2) is 24.2 Å². The molecule has 4 nitrogen and oxygen atoms in total. The fourth-order valence-corrected chi connectivity index (χ4v) is 2.03. The van der Waals surface area contributed by atoms with Gasteiger partial charge in [0.25, 0.3) is 5.91 Å². The Hall–Kier alpha value is -2.47. The molecule has 2 rings (SSSR count). The molecule has 0 heterocycles. The number of nitrogens with one attached hydrogen (secondary N) is 1. The van der Waals surface area contributed by atoms with Gasteiger partial charge >= 0.3 is 0 Å². The lowest BCUT2D eigenvalue weighted by Crippen LogP contribution is -2.22. The maximum Gasteiger partial charge on any atom is 0.251 e. The fraction of sp³-hybridized carbons (Fsp3) is 0.235. The third-order valence-corrected chi connectivity index (χ3v) is 3.16. The number of carbonyl (C=O) groups excluding carboxylic acids is 1. The van der Waals surface area contributed by atoms with Gasteiger partial charge < -0.3 is 15.2 Å². The van der Waals surface area contributed by atoms with E-state index in [1.165, 1.54) is 12.1 Å². The van der Waals surface area contributed by atoms with Crippen molar-refractivity contribution in [3.05, 3.63) is 65.2 Å². The van der Waals surface area contributed by atoms with Crippen LogP contribution in [0.4, 0.5) is 8.78 Å². The molecule has 6 heteroatoms. The monoisotopic (exact) mass is 321 g/mol. The lowest BCUT2D eigenvalue weighted by atomic mass is 10.1. The summed E-state index contributed by atoms with van der Waals surface area (Å²) < 4.78 is 31.8. The molecule has 23 heavy (non-hydrogen) atoms. The molecule has 1 amide bonds. The Morgan fingerprint density at radius 1 is 1.26 bits per heavy atom. The summed E-state index contributed by atoms with van der Waals surface area (Å²) in [7, 11) is 0. The standard InChI is InChI=1S/C17H17F2NO3/c1-2-20-17(22)11-4-3-5-13(8-11)23-10-16(21)14-7-6-12(18)9-15(14)19/h3-9,16,21H,2,10H2,1H3,(H,20,22). The van der Waals surface area contributed by atoms with Crippen LogP contribution >= 0.6 is 0 Å². The van der Waals surface area contributed by atoms with Crippen molar-refractivity contribution < 1.29 is 23.4 Å². The van der Waals surface area contributed by atoms with Crippen LogP contribution in [-0.2, 0) is 0 Å². The third kappa shape index (κ3) is 4.50. The number of carbonyl (C=O) groups is 1. The van der Waals surface area contributed by atoms with Gasteiger partial charge in [-0.15, -0.1) is 0 Å². The van der Waals surface area contributed by atoms with E-state index in [0.29, 0.717) is 23.9 Å². The summed E-state index contributed by atoms with van der Waals surface area (Å²) in [5, 5.41) is 12.6. The second-order valence-electron chi connectivity index (χ2n) is 4.88. The average molecular weight is 321 g/mol. The molecular weight excluding hydrogens is 304 g/mol. The first kappa shape index (κ1) is 16.9. The molecule has 0 bridgehead atoms. The number of hydrogen-bond donors (Lipinski definition) is 2. The van der Waals surface area contributed by atoms with Gasteiger partial charge in [-0.1, -0.05) is 12.1 Å². The highest BCUT2D eigenvalue weighted by molar-refractivity contribution is 5.94. The summed E-state index contributed by atoms with van der Waals surface area (Å²) in [5.41, 5.74) is 0.373. The summed E-state index contributed by atoms with van der Waals surface area (Å²) in [5.74, 6) is -1.41. The molecule has 2 aromatic rings. The zero-order valence-corrected chi connectivity index (χ0v) is 12.6. The molecule has 0 fully saturated rings. The van der Waals surface area contributed by atoms with Crippen molar-refractivity contribution in [1.29, 1.82) is 0 Å². The molecule has 0 saturated carbocycles. The van der Waals surface area contributed by atoms with Gasteiger partial charge in [-0.25, -0.2) is 8.78 Å². The number of ether oxygens (including phenoxy) is 1. The van der Waals surface area contributed by atoms with Crippen LogP contribution < -0.4 is 10.1 Å². The molecule has 0 aliphatic heterocycles. The Balaban J connectivity index is 2.02. The second kappa shape index (κ2) is 7.69. The van der Waals surface area contributed by atoms with Crippen molar-refractivity contribution >= 4 is 5.91 Å². The van der Waals surface area contributed by atoms with Crippen molar-refractivity contribution in [2.75, 3.05) is 13.2 Å². The van der Waals surface area contributed by atoms with Crippen LogP contribution in [0.5, 0.6) is 5.75 Å². The predicted molar refractivity (Wildman–Crippen MR) is 81.3 cm³/mol. The molecule has 1 atom stereocenters. The van der Waals surface area contributed by atoms with Gasteiger partial charge in [0.2, 0.25) is 0 Å². The van der Waals surface area contributed by atoms with Crippen LogP contribution in [0.25, 0.3) is 0 Å². The first-order valence-electron chi connectivity index (χ1n) is 7.15. The van der Waals surface area contributed by atoms with E-state index in [9.17, 15) is 18.7 Å². The number of hydrogen-bond acceptors (Lipinski definition) is 3. The lowest BCUT2D eigenvalue weighted by molar-refractivity contribution is 0.0953. The molecule has 2 N–H and O–H groups in total. The van der Waals surface area contributed by atoms with E-state index in [0.717, 1.165) is 6.07 Å². The number of halogens is 2. The summed E-state index contributed by atoms with van der Waals surface area (Å²) in [6.45, 7) is 2.10. The van der Waals surface area contributed by atoms with Crippen LogP contribution in [0, 0.1) is 11.6 Å². The minimum Gasteiger partial charge on any atom is -0.491 e. The van der Waals surface area contributed by atoms with Crippen LogP contribution in [0.15, 0.2) is 42.5 Å². The first-order valence-corrected chi connectivity index (χ1v) is 7.15. The zero-order chi connectivity index (χ0) is 16.8. The van der Waals surface area contributed by atoms with Crippen molar-refractivity contribution in [2.24, 2.45) is 0 Å². The van der Waals surface area contributed by atoms with E-state index < -0.39 is 17.7 Å². The van der Waals surface area contributed by atoms with Gasteiger partial charge in [0.15, 0.2) is 0 Å². The summed E-state index contributed by atoms with van der Waals surface area (Å²) in [4.78, 5) is 11.7. The number of amides is 1. The topological polar surface area (TPSA) is 58.6 Å². The molecule has 2 aromatic carbocycles. The van der Waals surface area contributed by atoms with E-state index in [1.807, 2.05) is 6.92 Å². The molecule has 0 aromatic heterocycles. The SMILES string of the molecule is CCNC(=O)c1cccc(OCC(O)c2ccc(F)cc2F)c1. The molecule has 0 aliphatic rings. The maximum absolute atomic E-state index is 13.6. The molecule has 0 spiro atoms. The maximum atomic E-state index is 13.6. The molecule has 0 radical (unpaired) electrons. The normalized spacial score (nSPS) is 11.8. The minimum absolute atomic E-state index is 0.0497. The fourth-order valence-electron chi connectivity index (χ4n) is 2.03. The molecule has 122 valence electrons. The van der Waals surface area contributed by atoms with Gasteiger partial charge in [0.1, 0.15) is 30.1 Å². The average Bonchev–Trinajstić information content (AvgIpc) is 2.53. The van der Waals surface area contributed by atoms with E-state index in [1.54, 1.807) is 18.2 Å². The summed E-state index contributed by atoms with van der Waals surface area (Å²) in [6, 6.07) is 9.36. The minimum atomic E-state index is -1.25. The molecular formula is C17H17F2NO3. The van der Waals surface area contributed by atoms with Crippen molar-refractivity contribution in [2.45, 2.75) is 13.0 Å². The number of rotatable bonds is 6. The van der Waals surface area contributed by atoms with Crippen LogP contribution in [0.3, 0.4) is 0 Å². The van der Waals surface area contributed by atoms with E-state index in [4.69, 9.17) is 4.74 Å². The Kier molecular flexibility index (Phi) is 5.65. The van der Waals surface area contributed by atoms with Crippen LogP contribution in [0.2, 0.25) is 0 Å². The number of aliphatic hydroxyl groups is 1. The number of benzene rings is 2. The molecule has 0 saturated heterocycles. The Morgan fingerprint density at radius 3 is 2.74 bits per heavy atom. The molecule has 0 aliphatic carbocycles. The number of aliphatic hydroxyl groups excluding tert-OH is 1. The highest BCUT2D eigenvalue weighted by Crippen LogP contribution is 2.20. The Bertz CT molecular complexity index is 691. The van der Waals surface area contributed by atoms with E-state index in [2.05, 4.69) is 5.32 Å². The lowest BCUT2D eigenvalue weighted by Gasteiger charge is -2.14. The van der Waals surface area contributed by atoms with Gasteiger partial charge in [0, 0.05) is 23.7 Å². The van der Waals surface area contributed by atoms with Gasteiger partial charge in [-0.05, 0) is 31.2 Å². The first-order chi connectivity index (χ1) is 11.0. The Labute approximate surface area is 132 Å². The van der Waals surface area contributed by atoms with E-state index in [-0.39, 0.29) is 18.1 Å². The Morgan fingerprint density at radius 2 is 2.04 bits per heavy atom. The van der Waals surface area contributed by atoms with Crippen molar-refractivity contribution in [1.82, 2.24) is 5.32 Å². The zero-order valence-electron chi connectivity index (χ0n) is 12.6. The predicted octanol–water partition coefficient (Wildman–Crippen LogP) is 2.83. The summed E-state index contributed by atoms with van der Waals surface area (Å²) >= 11 is 0. The highest BCUT2D eigenvalue weighted by atomic mass is 19.1. The van der Waals surface area contributed by atoms with Gasteiger partial charge in [0.05, 0.1) is 0 Å².